The highest BCUT2D eigenvalue weighted by molar-refractivity contribution is 7.92. The van der Waals surface area contributed by atoms with Gasteiger partial charge in [0, 0.05) is 30.9 Å². The van der Waals surface area contributed by atoms with Gasteiger partial charge in [0.15, 0.2) is 0 Å². The summed E-state index contributed by atoms with van der Waals surface area (Å²) >= 11 is 5.83. The number of rotatable bonds is 6. The Morgan fingerprint density at radius 1 is 1.10 bits per heavy atom. The van der Waals surface area contributed by atoms with E-state index in [4.69, 9.17) is 16.3 Å². The summed E-state index contributed by atoms with van der Waals surface area (Å²) in [5.74, 6) is -0.0494. The second kappa shape index (κ2) is 8.49. The number of aromatic nitrogens is 2. The lowest BCUT2D eigenvalue weighted by Gasteiger charge is -2.16. The summed E-state index contributed by atoms with van der Waals surface area (Å²) in [6, 6.07) is 3.50. The first-order chi connectivity index (χ1) is 13.4. The molecule has 1 aromatic carbocycles. The van der Waals surface area contributed by atoms with Crippen molar-refractivity contribution < 1.29 is 26.4 Å². The van der Waals surface area contributed by atoms with E-state index in [9.17, 15) is 21.6 Å². The topological polar surface area (TPSA) is 148 Å². The molecular formula is C15H18ClN5O6S2. The van der Waals surface area contributed by atoms with Crippen LogP contribution in [-0.4, -0.2) is 58.3 Å². The smallest absolute Gasteiger partial charge is 0.335 e. The Labute approximate surface area is 173 Å². The van der Waals surface area contributed by atoms with Gasteiger partial charge in [0.2, 0.25) is 21.9 Å². The number of hydrogen-bond acceptors (Lipinski definition) is 8. The van der Waals surface area contributed by atoms with Crippen LogP contribution in [0.3, 0.4) is 0 Å². The van der Waals surface area contributed by atoms with Gasteiger partial charge in [0.25, 0.3) is 10.0 Å². The van der Waals surface area contributed by atoms with Gasteiger partial charge in [-0.3, -0.25) is 5.32 Å². The van der Waals surface area contributed by atoms with Crippen LogP contribution >= 0.6 is 11.6 Å². The van der Waals surface area contributed by atoms with E-state index < -0.39 is 35.9 Å². The molecule has 1 heterocycles. The van der Waals surface area contributed by atoms with E-state index in [0.717, 1.165) is 16.4 Å². The second-order valence-corrected chi connectivity index (χ2v) is 10.0. The quantitative estimate of drug-likeness (QED) is 0.649. The number of nitrogens with one attached hydrogen (secondary N) is 2. The van der Waals surface area contributed by atoms with E-state index in [1.54, 1.807) is 11.6 Å². The van der Waals surface area contributed by atoms with Gasteiger partial charge in [0.05, 0.1) is 7.11 Å². The molecule has 2 N–H and O–H groups in total. The van der Waals surface area contributed by atoms with Crippen LogP contribution in [-0.2, 0) is 20.0 Å². The number of methoxy groups -OCH3 is 1. The number of ether oxygens (including phenoxy) is 1. The van der Waals surface area contributed by atoms with Crippen molar-refractivity contribution in [2.24, 2.45) is 0 Å². The average molecular weight is 464 g/mol. The summed E-state index contributed by atoms with van der Waals surface area (Å²) in [5.41, 5.74) is 0.462. The van der Waals surface area contributed by atoms with Crippen LogP contribution in [0.15, 0.2) is 34.1 Å². The summed E-state index contributed by atoms with van der Waals surface area (Å²) in [5, 5.41) is 2.12. The highest BCUT2D eigenvalue weighted by Gasteiger charge is 2.30. The van der Waals surface area contributed by atoms with Gasteiger partial charge in [-0.15, -0.1) is 0 Å². The molecule has 2 aromatic rings. The number of anilines is 1. The lowest BCUT2D eigenvalue weighted by Crippen LogP contribution is -2.36. The molecule has 0 radical (unpaired) electrons. The van der Waals surface area contributed by atoms with Gasteiger partial charge in [0.1, 0.15) is 9.79 Å². The van der Waals surface area contributed by atoms with Crippen molar-refractivity contribution >= 4 is 43.6 Å². The number of halogens is 1. The molecule has 11 nitrogen and oxygen atoms in total. The fraction of sp³-hybridized carbons (Fsp3) is 0.267. The molecule has 0 saturated heterocycles. The van der Waals surface area contributed by atoms with Gasteiger partial charge < -0.3 is 4.74 Å². The van der Waals surface area contributed by atoms with Gasteiger partial charge in [-0.2, -0.15) is 4.98 Å². The van der Waals surface area contributed by atoms with Gasteiger partial charge >= 0.3 is 6.03 Å². The van der Waals surface area contributed by atoms with E-state index in [-0.39, 0.29) is 16.9 Å². The lowest BCUT2D eigenvalue weighted by atomic mass is 10.4. The first-order valence-corrected chi connectivity index (χ1v) is 11.1. The van der Waals surface area contributed by atoms with Crippen molar-refractivity contribution in [2.75, 3.05) is 26.5 Å². The predicted octanol–water partition coefficient (Wildman–Crippen LogP) is 1.21. The standard InChI is InChI=1S/C15H18ClN5O6S2/c1-9-7-13(27-4)18-14(17-9)19-15(22)20-28(23,24)12-8-10(16)5-6-11(12)29(25,26)21(2)3/h5-8H,1-4H3,(H2,17,18,19,20,22). The number of hydrogen-bond donors (Lipinski definition) is 2. The van der Waals surface area contributed by atoms with E-state index in [2.05, 4.69) is 15.3 Å². The maximum atomic E-state index is 12.7. The van der Waals surface area contributed by atoms with Gasteiger partial charge in [-0.1, -0.05) is 11.6 Å². The SMILES string of the molecule is COc1cc(C)nc(NC(=O)NS(=O)(=O)c2cc(Cl)ccc2S(=O)(=O)N(C)C)n1. The van der Waals surface area contributed by atoms with Crippen LogP contribution in [0.2, 0.25) is 5.02 Å². The van der Waals surface area contributed by atoms with E-state index in [1.807, 2.05) is 0 Å². The third kappa shape index (κ3) is 5.32. The molecule has 0 aliphatic rings. The Morgan fingerprint density at radius 2 is 1.76 bits per heavy atom. The van der Waals surface area contributed by atoms with Gasteiger partial charge in [-0.05, 0) is 25.1 Å². The van der Waals surface area contributed by atoms with Crippen molar-refractivity contribution in [3.8, 4) is 5.88 Å². The van der Waals surface area contributed by atoms with Crippen LogP contribution in [0.1, 0.15) is 5.69 Å². The minimum Gasteiger partial charge on any atom is -0.481 e. The normalized spacial score (nSPS) is 11.9. The maximum absolute atomic E-state index is 12.7. The molecule has 0 unspecified atom stereocenters. The molecule has 2 rings (SSSR count). The molecule has 0 fully saturated rings. The Morgan fingerprint density at radius 3 is 2.34 bits per heavy atom. The number of nitrogens with zero attached hydrogens (tertiary/aromatic N) is 3. The Bertz CT molecular complexity index is 1150. The fourth-order valence-corrected chi connectivity index (χ4v) is 4.95. The molecule has 158 valence electrons. The van der Waals surface area contributed by atoms with Crippen LogP contribution < -0.4 is 14.8 Å². The number of benzene rings is 1. The van der Waals surface area contributed by atoms with E-state index in [0.29, 0.717) is 5.69 Å². The summed E-state index contributed by atoms with van der Waals surface area (Å²) < 4.78 is 57.8. The molecule has 0 aliphatic heterocycles. The minimum atomic E-state index is -4.61. The molecule has 0 bridgehead atoms. The van der Waals surface area contributed by atoms with Gasteiger partial charge in [-0.25, -0.2) is 35.6 Å². The zero-order chi connectivity index (χ0) is 22.0. The second-order valence-electron chi connectivity index (χ2n) is 5.81. The zero-order valence-electron chi connectivity index (χ0n) is 15.8. The van der Waals surface area contributed by atoms with E-state index >= 15 is 0 Å². The Hall–Kier alpha value is -2.48. The fourth-order valence-electron chi connectivity index (χ4n) is 2.11. The highest BCUT2D eigenvalue weighted by atomic mass is 35.5. The maximum Gasteiger partial charge on any atom is 0.335 e. The Balaban J connectivity index is 2.38. The molecule has 14 heteroatoms. The zero-order valence-corrected chi connectivity index (χ0v) is 18.2. The van der Waals surface area contributed by atoms with Crippen LogP contribution in [0, 0.1) is 6.92 Å². The first-order valence-electron chi connectivity index (χ1n) is 7.82. The highest BCUT2D eigenvalue weighted by Crippen LogP contribution is 2.26. The largest absolute Gasteiger partial charge is 0.481 e. The van der Waals surface area contributed by atoms with Crippen molar-refractivity contribution in [3.63, 3.8) is 0 Å². The van der Waals surface area contributed by atoms with Crippen molar-refractivity contribution in [1.82, 2.24) is 19.0 Å². The average Bonchev–Trinajstić information content (AvgIpc) is 2.60. The van der Waals surface area contributed by atoms with Crippen LogP contribution in [0.25, 0.3) is 0 Å². The molecule has 0 spiro atoms. The lowest BCUT2D eigenvalue weighted by molar-refractivity contribution is 0.256. The van der Waals surface area contributed by atoms with Crippen molar-refractivity contribution in [3.05, 3.63) is 35.0 Å². The molecule has 1 aromatic heterocycles. The number of carbonyl (C=O) groups excluding carboxylic acids is 1. The number of urea groups is 1. The van der Waals surface area contributed by atoms with E-state index in [1.165, 1.54) is 33.3 Å². The van der Waals surface area contributed by atoms with Crippen LogP contribution in [0.5, 0.6) is 5.88 Å². The van der Waals surface area contributed by atoms with Crippen molar-refractivity contribution in [2.45, 2.75) is 16.7 Å². The third-order valence-electron chi connectivity index (χ3n) is 3.45. The first kappa shape index (κ1) is 22.8. The molecular weight excluding hydrogens is 446 g/mol. The summed E-state index contributed by atoms with van der Waals surface area (Å²) in [6.07, 6.45) is 0. The molecule has 2 amide bonds. The molecule has 29 heavy (non-hydrogen) atoms. The number of sulfonamides is 2. The summed E-state index contributed by atoms with van der Waals surface area (Å²) in [4.78, 5) is 18.8. The monoisotopic (exact) mass is 463 g/mol. The molecule has 0 aliphatic carbocycles. The van der Waals surface area contributed by atoms with Crippen LogP contribution in [0.4, 0.5) is 10.7 Å². The summed E-state index contributed by atoms with van der Waals surface area (Å²) in [6.45, 7) is 1.62. The number of amides is 2. The molecule has 0 atom stereocenters. The predicted molar refractivity (Wildman–Crippen MR) is 105 cm³/mol. The Kier molecular flexibility index (Phi) is 6.67. The number of aryl methyl sites for hydroxylation is 1. The van der Waals surface area contributed by atoms with Crippen molar-refractivity contribution in [1.29, 1.82) is 0 Å². The minimum absolute atomic E-state index is 0.0322. The summed E-state index contributed by atoms with van der Waals surface area (Å²) in [7, 11) is -4.91. The molecule has 0 saturated carbocycles. The third-order valence-corrected chi connectivity index (χ3v) is 7.05. The number of carbonyl (C=O) groups is 1.